The van der Waals surface area contributed by atoms with Crippen LogP contribution in [-0.2, 0) is 67.1 Å². The second-order valence-corrected chi connectivity index (χ2v) is 12.0. The Hall–Kier alpha value is 2.18. The second kappa shape index (κ2) is 23.6. The summed E-state index contributed by atoms with van der Waals surface area (Å²) in [7, 11) is 0.241. The van der Waals surface area contributed by atoms with Gasteiger partial charge in [-0.2, -0.15) is 43.9 Å². The third-order valence-electron chi connectivity index (χ3n) is 1.40. The van der Waals surface area contributed by atoms with Crippen molar-refractivity contribution in [2.24, 2.45) is 0 Å². The normalized spacial score (nSPS) is 11.2. The molecule has 0 heterocycles. The summed E-state index contributed by atoms with van der Waals surface area (Å²) >= 11 is 0. The SMILES string of the molecule is C[PH+](C)C.C[PH+](C)C.O.OC(O)C(F)(F)C(F)(F)F.OC(O)C(F)(F)C(F)(F)F.[Ag].[Ag].[Ag]. The first kappa shape index (κ1) is 54.9. The van der Waals surface area contributed by atoms with Gasteiger partial charge in [-0.15, -0.1) is 0 Å². The minimum Gasteiger partial charge on any atom is -0.412 e. The van der Waals surface area contributed by atoms with Gasteiger partial charge in [0.1, 0.15) is 0 Å². The van der Waals surface area contributed by atoms with Gasteiger partial charge in [-0.3, -0.25) is 0 Å². The van der Waals surface area contributed by atoms with Crippen molar-refractivity contribution in [3.05, 3.63) is 0 Å². The number of hydrogen-bond donors (Lipinski definition) is 4. The van der Waals surface area contributed by atoms with E-state index in [0.29, 0.717) is 0 Å². The molecule has 0 rings (SSSR count). The fourth-order valence-corrected chi connectivity index (χ4v) is 0.293. The Kier molecular flexibility index (Phi) is 40.4. The van der Waals surface area contributed by atoms with E-state index in [2.05, 4.69) is 40.0 Å². The van der Waals surface area contributed by atoms with Gasteiger partial charge in [0.05, 0.1) is 0 Å². The summed E-state index contributed by atoms with van der Waals surface area (Å²) in [5, 5.41) is 30.0. The van der Waals surface area contributed by atoms with Crippen LogP contribution in [0, 0.1) is 0 Å². The molecule has 0 unspecified atom stereocenters. The van der Waals surface area contributed by atoms with Gasteiger partial charge >= 0.3 is 24.2 Å². The van der Waals surface area contributed by atoms with Crippen LogP contribution in [0.1, 0.15) is 0 Å². The third kappa shape index (κ3) is 30.2. The number of halogens is 10. The molecule has 0 fully saturated rings. The van der Waals surface area contributed by atoms with Gasteiger partial charge in [-0.05, 0) is 15.8 Å². The molecule has 0 aliphatic heterocycles. The molecule has 0 aliphatic rings. The van der Waals surface area contributed by atoms with Gasteiger partial charge in [0.25, 0.3) is 0 Å². The molecular weight excluding hydrogens is 800 g/mol. The maximum Gasteiger partial charge on any atom is 0.458 e. The van der Waals surface area contributed by atoms with E-state index in [9.17, 15) is 43.9 Å². The first-order valence-electron chi connectivity index (χ1n) is 7.00. The van der Waals surface area contributed by atoms with Crippen molar-refractivity contribution in [3.63, 3.8) is 0 Å². The van der Waals surface area contributed by atoms with E-state index in [1.54, 1.807) is 0 Å². The first-order chi connectivity index (χ1) is 11.9. The predicted octanol–water partition coefficient (Wildman–Crippen LogP) is 2.34. The molecule has 32 heavy (non-hydrogen) atoms. The first-order valence-corrected chi connectivity index (χ1v) is 13.0. The van der Waals surface area contributed by atoms with E-state index in [1.807, 2.05) is 0 Å². The fourth-order valence-electron chi connectivity index (χ4n) is 0.293. The van der Waals surface area contributed by atoms with Crippen LogP contribution in [0.5, 0.6) is 0 Å². The van der Waals surface area contributed by atoms with Crippen LogP contribution in [0.3, 0.4) is 0 Å². The summed E-state index contributed by atoms with van der Waals surface area (Å²) in [6.45, 7) is 13.6. The molecule has 0 aromatic heterocycles. The Morgan fingerprint density at radius 1 is 0.469 bits per heavy atom. The average Bonchev–Trinajstić information content (AvgIpc) is 2.34. The van der Waals surface area contributed by atoms with Crippen molar-refractivity contribution in [2.45, 2.75) is 36.8 Å². The largest absolute Gasteiger partial charge is 0.458 e. The molecule has 0 saturated heterocycles. The zero-order valence-electron chi connectivity index (χ0n) is 17.1. The van der Waals surface area contributed by atoms with Crippen LogP contribution in [0.15, 0.2) is 0 Å². The van der Waals surface area contributed by atoms with E-state index in [-0.39, 0.29) is 88.5 Å². The van der Waals surface area contributed by atoms with Crippen LogP contribution in [-0.4, -0.2) is 103 Å². The van der Waals surface area contributed by atoms with Gasteiger partial charge in [-0.25, -0.2) is 0 Å². The Morgan fingerprint density at radius 3 is 0.562 bits per heavy atom. The molecule has 6 N–H and O–H groups in total. The molecule has 20 heteroatoms. The summed E-state index contributed by atoms with van der Waals surface area (Å²) in [6.07, 6.45) is -19.2. The maximum absolute atomic E-state index is 11.4. The quantitative estimate of drug-likeness (QED) is 0.148. The number of hydrogen-bond acceptors (Lipinski definition) is 4. The van der Waals surface area contributed by atoms with Gasteiger partial charge in [0.15, 0.2) is 0 Å². The third-order valence-corrected chi connectivity index (χ3v) is 1.40. The molecule has 0 aliphatic carbocycles. The van der Waals surface area contributed by atoms with Crippen LogP contribution in [0.4, 0.5) is 43.9 Å². The topological polar surface area (TPSA) is 112 Å². The minimum absolute atomic E-state index is 0. The number of aliphatic hydroxyl groups is 4. The maximum atomic E-state index is 11.4. The van der Waals surface area contributed by atoms with Crippen molar-refractivity contribution in [3.8, 4) is 0 Å². The van der Waals surface area contributed by atoms with Crippen molar-refractivity contribution >= 4 is 15.8 Å². The monoisotopic (exact) mass is 825 g/mol. The Balaban J connectivity index is -0.0000000413. The number of aliphatic hydroxyl groups excluding tert-OH is 2. The molecule has 3 radical (unpaired) electrons. The zero-order chi connectivity index (χ0) is 24.3. The second-order valence-electron chi connectivity index (χ2n) is 5.99. The van der Waals surface area contributed by atoms with Crippen LogP contribution in [0.2, 0.25) is 0 Å². The average molecular weight is 828 g/mol. The molecule has 0 aromatic carbocycles. The summed E-state index contributed by atoms with van der Waals surface area (Å²) in [4.78, 5) is 0. The predicted molar refractivity (Wildman–Crippen MR) is 94.2 cm³/mol. The van der Waals surface area contributed by atoms with Gasteiger partial charge in [0, 0.05) is 107 Å². The Labute approximate surface area is 228 Å². The molecule has 0 bridgehead atoms. The smallest absolute Gasteiger partial charge is 0.412 e. The Morgan fingerprint density at radius 2 is 0.562 bits per heavy atom. The van der Waals surface area contributed by atoms with E-state index in [1.165, 1.54) is 0 Å². The van der Waals surface area contributed by atoms with Crippen LogP contribution >= 0.6 is 15.8 Å². The Bertz CT molecular complexity index is 361. The van der Waals surface area contributed by atoms with Crippen molar-refractivity contribution < 1.29 is 137 Å². The van der Waals surface area contributed by atoms with Crippen LogP contribution < -0.4 is 0 Å². The molecule has 0 spiro atoms. The summed E-state index contributed by atoms with van der Waals surface area (Å²) in [6, 6.07) is 0. The zero-order valence-corrected chi connectivity index (χ0v) is 23.6. The van der Waals surface area contributed by atoms with Crippen molar-refractivity contribution in [1.29, 1.82) is 0 Å². The number of alkyl halides is 10. The summed E-state index contributed by atoms with van der Waals surface area (Å²) < 4.78 is 112. The fraction of sp³-hybridized carbons (Fsp3) is 1.00. The molecule has 217 valence electrons. The van der Waals surface area contributed by atoms with Crippen LogP contribution in [0.25, 0.3) is 0 Å². The number of rotatable bonds is 2. The molecule has 0 aromatic rings. The summed E-state index contributed by atoms with van der Waals surface area (Å²) in [5.74, 6) is -10.9. The van der Waals surface area contributed by atoms with E-state index >= 15 is 0 Å². The molecular formula is C12H28Ag3F10O5P2+2. The van der Waals surface area contributed by atoms with Gasteiger partial charge in [-0.1, -0.05) is 0 Å². The summed E-state index contributed by atoms with van der Waals surface area (Å²) in [5.41, 5.74) is 0. The van der Waals surface area contributed by atoms with E-state index in [4.69, 9.17) is 20.4 Å². The van der Waals surface area contributed by atoms with Crippen molar-refractivity contribution in [2.75, 3.05) is 40.0 Å². The minimum atomic E-state index is -5.92. The van der Waals surface area contributed by atoms with E-state index < -0.39 is 36.8 Å². The molecule has 0 saturated carbocycles. The van der Waals surface area contributed by atoms with Gasteiger partial charge in [0.2, 0.25) is 12.6 Å². The van der Waals surface area contributed by atoms with E-state index in [0.717, 1.165) is 0 Å². The van der Waals surface area contributed by atoms with Crippen molar-refractivity contribution in [1.82, 2.24) is 0 Å². The van der Waals surface area contributed by atoms with Gasteiger partial charge < -0.3 is 25.9 Å². The molecule has 5 nitrogen and oxygen atoms in total. The molecule has 0 atom stereocenters. The standard InChI is InChI=1S/2C3H3F5O2.2C3H9P.3Ag.H2O/c2*4-2(5,1(9)10)3(6,7)8;2*1-4(2)3;;;;/h2*1,9-10H;2*1-3H3;;;;1H2/p+2. The molecule has 0 amide bonds.